The number of hydrogen-bond donors (Lipinski definition) is 0. The molecule has 0 N–H and O–H groups in total. The molecule has 0 saturated carbocycles. The molecule has 0 aliphatic heterocycles. The summed E-state index contributed by atoms with van der Waals surface area (Å²) in [4.78, 5) is 0.965. The van der Waals surface area contributed by atoms with Crippen LogP contribution in [-0.2, 0) is 0 Å². The summed E-state index contributed by atoms with van der Waals surface area (Å²) in [5.41, 5.74) is -7.59. The fourth-order valence-electron chi connectivity index (χ4n) is 5.22. The molecule has 9 aromatic rings. The number of anilines is 6. The molecule has 1 heterocycles. The second-order valence-electron chi connectivity index (χ2n) is 10.0. The van der Waals surface area contributed by atoms with Gasteiger partial charge in [-0.15, -0.1) is 0 Å². The topological polar surface area (TPSA) is 19.6 Å². The molecule has 0 aliphatic rings. The first-order valence-electron chi connectivity index (χ1n) is 28.5. The Balaban J connectivity index is 1.56. The van der Waals surface area contributed by atoms with Crippen molar-refractivity contribution in [2.24, 2.45) is 0 Å². The van der Waals surface area contributed by atoms with Crippen LogP contribution in [0.2, 0.25) is 0 Å². The largest absolute Gasteiger partial charge is 0.456 e. The zero-order valence-corrected chi connectivity index (χ0v) is 24.3. The summed E-state index contributed by atoms with van der Waals surface area (Å²) in [6.07, 6.45) is 0. The third kappa shape index (κ3) is 4.68. The molecule has 9 rings (SSSR count). The van der Waals surface area contributed by atoms with Gasteiger partial charge in [-0.25, -0.2) is 0 Å². The molecule has 0 spiro atoms. The highest BCUT2D eigenvalue weighted by molar-refractivity contribution is 6.17. The summed E-state index contributed by atoms with van der Waals surface area (Å²) in [5, 5.41) is -3.51. The lowest BCUT2D eigenvalue weighted by Crippen LogP contribution is -2.15. The van der Waals surface area contributed by atoms with Crippen molar-refractivity contribution in [2.75, 3.05) is 9.80 Å². The summed E-state index contributed by atoms with van der Waals surface area (Å²) in [7, 11) is 0. The Morgan fingerprint density at radius 3 is 1.56 bits per heavy atom. The lowest BCUT2D eigenvalue weighted by Gasteiger charge is -2.32. The molecule has 0 aliphatic carbocycles. The fraction of sp³-hybridized carbons (Fsp3) is 0.0222. The molecule has 1 aromatic heterocycles. The van der Waals surface area contributed by atoms with Gasteiger partial charge in [0.15, 0.2) is 0 Å². The minimum Gasteiger partial charge on any atom is -0.456 e. The zero-order valence-electron chi connectivity index (χ0n) is 53.3. The van der Waals surface area contributed by atoms with Crippen molar-refractivity contribution in [2.45, 2.75) is 6.92 Å². The van der Waals surface area contributed by atoms with Crippen molar-refractivity contribution < 1.29 is 44.2 Å². The highest BCUT2D eigenvalue weighted by Crippen LogP contribution is 2.44. The molecule has 3 heteroatoms. The maximum Gasteiger partial charge on any atom is 0.136 e. The van der Waals surface area contributed by atoms with Crippen LogP contribution in [0.1, 0.15) is 45.3 Å². The predicted molar refractivity (Wildman–Crippen MR) is 203 cm³/mol. The standard InChI is InChI=1S/C45H32N2O/c1-31-42(46(34-14-5-2-6-15-34)35-16-7-3-8-17-35)21-13-22-43(31)47(36-18-9-4-10-19-36)37-27-26-32-24-25-33-28-45-41(30-40(33)39(32)29-37)38-20-11-12-23-44(38)48-45/h2-30H,1H3/i2D,3D,4D,5D,6D,7D,8D,9D,10D,11D,12D,13D,14D,15D,16D,17D,18D,19D,20D,21D,22D,23D,24D,25D,26D,27D,28D,29D,30D. The Morgan fingerprint density at radius 1 is 0.396 bits per heavy atom. The second-order valence-corrected chi connectivity index (χ2v) is 10.0. The Bertz CT molecular complexity index is 4090. The van der Waals surface area contributed by atoms with E-state index >= 15 is 0 Å². The van der Waals surface area contributed by atoms with E-state index in [0.29, 0.717) is 9.80 Å². The number of nitrogens with zero attached hydrogens (tertiary/aromatic N) is 2. The van der Waals surface area contributed by atoms with Crippen LogP contribution in [0.3, 0.4) is 0 Å². The van der Waals surface area contributed by atoms with E-state index in [1.54, 1.807) is 0 Å². The summed E-state index contributed by atoms with van der Waals surface area (Å²) >= 11 is 0. The molecule has 0 fully saturated rings. The summed E-state index contributed by atoms with van der Waals surface area (Å²) < 4.78 is 266. The molecule has 0 saturated heterocycles. The van der Waals surface area contributed by atoms with Gasteiger partial charge in [0.25, 0.3) is 0 Å². The Kier molecular flexibility index (Phi) is 2.67. The van der Waals surface area contributed by atoms with Crippen molar-refractivity contribution in [3.8, 4) is 0 Å². The SMILES string of the molecule is [2H]c1c([2H])c([2H])c(N(c2c([2H])c([2H])c([2H])c([2H])c2[2H])c2c([2H])c([2H])c([2H])c(N(c3c([2H])c([2H])c([2H])c([2H])c3[2H])c3c([2H])c([2H])c4c([2H])c([2H])c5c([2H])c6oc7c([2H])c([2H])c([2H])c([2H])c7c6c([2H])c5c4c3[2H])c2C)c([2H])c1[2H]. The van der Waals surface area contributed by atoms with Crippen LogP contribution >= 0.6 is 0 Å². The maximum atomic E-state index is 10.1. The highest BCUT2D eigenvalue weighted by Gasteiger charge is 2.21. The summed E-state index contributed by atoms with van der Waals surface area (Å²) in [6.45, 7) is 1.02. The molecule has 48 heavy (non-hydrogen) atoms. The number of para-hydroxylation sites is 4. The minimum absolute atomic E-state index is 0.417. The van der Waals surface area contributed by atoms with Crippen LogP contribution < -0.4 is 9.80 Å². The van der Waals surface area contributed by atoms with Crippen molar-refractivity contribution in [1.29, 1.82) is 0 Å². The molecular formula is C45H32N2O. The highest BCUT2D eigenvalue weighted by atomic mass is 16.3. The molecule has 3 nitrogen and oxygen atoms in total. The van der Waals surface area contributed by atoms with Crippen LogP contribution in [-0.4, -0.2) is 0 Å². The number of rotatable bonds is 6. The van der Waals surface area contributed by atoms with Gasteiger partial charge in [-0.05, 0) is 113 Å². The van der Waals surface area contributed by atoms with Crippen LogP contribution in [0.25, 0.3) is 43.5 Å². The van der Waals surface area contributed by atoms with Gasteiger partial charge < -0.3 is 14.2 Å². The van der Waals surface area contributed by atoms with Crippen LogP contribution in [0.4, 0.5) is 34.1 Å². The van der Waals surface area contributed by atoms with Crippen molar-refractivity contribution >= 4 is 77.6 Å². The molecule has 0 unspecified atom stereocenters. The summed E-state index contributed by atoms with van der Waals surface area (Å²) in [6, 6.07) is -28.9. The van der Waals surface area contributed by atoms with Gasteiger partial charge in [0, 0.05) is 33.5 Å². The molecule has 0 bridgehead atoms. The van der Waals surface area contributed by atoms with E-state index in [9.17, 15) is 13.7 Å². The number of hydrogen-bond acceptors (Lipinski definition) is 3. The average molecular weight is 646 g/mol. The normalized spacial score (nSPS) is 19.9. The Morgan fingerprint density at radius 2 is 0.917 bits per heavy atom. The Hall–Kier alpha value is -6.32. The predicted octanol–water partition coefficient (Wildman–Crippen LogP) is 13.1. The van der Waals surface area contributed by atoms with E-state index in [-0.39, 0.29) is 0 Å². The van der Waals surface area contributed by atoms with E-state index in [1.165, 1.54) is 0 Å². The molecule has 0 radical (unpaired) electrons. The first kappa shape index (κ1) is 11.1. The van der Waals surface area contributed by atoms with Gasteiger partial charge in [-0.1, -0.05) is 96.7 Å². The van der Waals surface area contributed by atoms with Gasteiger partial charge >= 0.3 is 0 Å². The molecule has 0 amide bonds. The van der Waals surface area contributed by atoms with Gasteiger partial charge in [-0.2, -0.15) is 0 Å². The van der Waals surface area contributed by atoms with Crippen molar-refractivity contribution in [1.82, 2.24) is 0 Å². The molecule has 0 atom stereocenters. The van der Waals surface area contributed by atoms with Crippen LogP contribution in [0.15, 0.2) is 180 Å². The van der Waals surface area contributed by atoms with Crippen molar-refractivity contribution in [3.63, 3.8) is 0 Å². The fourth-order valence-corrected chi connectivity index (χ4v) is 5.22. The third-order valence-corrected chi connectivity index (χ3v) is 7.31. The lowest BCUT2D eigenvalue weighted by molar-refractivity contribution is 0.669. The van der Waals surface area contributed by atoms with Gasteiger partial charge in [-0.3, -0.25) is 0 Å². The van der Waals surface area contributed by atoms with Gasteiger partial charge in [0.05, 0.1) is 51.1 Å². The van der Waals surface area contributed by atoms with Crippen LogP contribution in [0, 0.1) is 6.92 Å². The third-order valence-electron chi connectivity index (χ3n) is 7.31. The second kappa shape index (κ2) is 11.5. The quantitative estimate of drug-likeness (QED) is 0.168. The zero-order chi connectivity index (χ0) is 57.3. The smallest absolute Gasteiger partial charge is 0.136 e. The van der Waals surface area contributed by atoms with Crippen LogP contribution in [0.5, 0.6) is 0 Å². The minimum atomic E-state index is -1.20. The van der Waals surface area contributed by atoms with E-state index in [0.717, 1.165) is 6.92 Å². The monoisotopic (exact) mass is 645 g/mol. The van der Waals surface area contributed by atoms with Gasteiger partial charge in [0.2, 0.25) is 0 Å². The Labute approximate surface area is 320 Å². The molecule has 8 aromatic carbocycles. The summed E-state index contributed by atoms with van der Waals surface area (Å²) in [5.74, 6) is 0. The molecule has 228 valence electrons. The average Bonchev–Trinajstić information content (AvgIpc) is 3.82. The van der Waals surface area contributed by atoms with E-state index in [4.69, 9.17) is 30.5 Å². The van der Waals surface area contributed by atoms with E-state index in [2.05, 4.69) is 0 Å². The van der Waals surface area contributed by atoms with E-state index in [1.807, 2.05) is 0 Å². The number of fused-ring (bicyclic) bond motifs is 6. The lowest BCUT2D eigenvalue weighted by atomic mass is 9.98. The first-order chi connectivity index (χ1) is 35.8. The number of furan rings is 1. The molecular weight excluding hydrogens is 585 g/mol. The first-order valence-corrected chi connectivity index (χ1v) is 14.0. The van der Waals surface area contributed by atoms with Gasteiger partial charge in [0.1, 0.15) is 11.2 Å². The maximum absolute atomic E-state index is 10.1. The van der Waals surface area contributed by atoms with E-state index < -0.39 is 258 Å². The van der Waals surface area contributed by atoms with Crippen molar-refractivity contribution in [3.05, 3.63) is 181 Å². The number of benzene rings is 8.